The highest BCUT2D eigenvalue weighted by atomic mass is 16.3. The fourth-order valence-corrected chi connectivity index (χ4v) is 1.77. The van der Waals surface area contributed by atoms with Gasteiger partial charge >= 0.3 is 0 Å². The van der Waals surface area contributed by atoms with Crippen molar-refractivity contribution in [3.8, 4) is 0 Å². The Hall–Kier alpha value is -1.40. The lowest BCUT2D eigenvalue weighted by Gasteiger charge is -2.29. The van der Waals surface area contributed by atoms with Gasteiger partial charge in [0.2, 0.25) is 0 Å². The van der Waals surface area contributed by atoms with Gasteiger partial charge in [0.25, 0.3) is 0 Å². The summed E-state index contributed by atoms with van der Waals surface area (Å²) >= 11 is 0. The van der Waals surface area contributed by atoms with E-state index in [0.717, 1.165) is 17.9 Å². The predicted octanol–water partition coefficient (Wildman–Crippen LogP) is 1.19. The third-order valence-electron chi connectivity index (χ3n) is 2.92. The van der Waals surface area contributed by atoms with Gasteiger partial charge in [0.1, 0.15) is 18.0 Å². The second kappa shape index (κ2) is 6.68. The molecule has 1 aromatic rings. The summed E-state index contributed by atoms with van der Waals surface area (Å²) in [6, 6.07) is 0. The van der Waals surface area contributed by atoms with Gasteiger partial charge in [0.15, 0.2) is 0 Å². The molecule has 1 rings (SSSR count). The Balaban J connectivity index is 3.16. The molecule has 0 aliphatic rings. The maximum Gasteiger partial charge on any atom is 0.135 e. The van der Waals surface area contributed by atoms with E-state index in [-0.39, 0.29) is 19.1 Å². The summed E-state index contributed by atoms with van der Waals surface area (Å²) in [5.41, 5.74) is 0.152. The summed E-state index contributed by atoms with van der Waals surface area (Å²) < 4.78 is 0. The topological polar surface area (TPSA) is 90.3 Å². The van der Waals surface area contributed by atoms with Crippen LogP contribution in [-0.4, -0.2) is 45.5 Å². The molecule has 0 saturated heterocycles. The standard InChI is InChI=1S/C13H24N4O2/c1-5-14-11-10(9(2)3)12(16-8-15-11)17-13(4,6-18)7-19/h8-9,18-19H,5-7H2,1-4H3,(H2,14,15,16,17). The molecule has 0 aliphatic heterocycles. The van der Waals surface area contributed by atoms with Gasteiger partial charge in [-0.1, -0.05) is 13.8 Å². The molecule has 6 heteroatoms. The van der Waals surface area contributed by atoms with Crippen molar-refractivity contribution in [3.05, 3.63) is 11.9 Å². The quantitative estimate of drug-likeness (QED) is 0.594. The van der Waals surface area contributed by atoms with Crippen molar-refractivity contribution >= 4 is 11.6 Å². The molecule has 0 saturated carbocycles. The molecule has 1 aromatic heterocycles. The second-order valence-electron chi connectivity index (χ2n) is 5.17. The number of rotatable bonds is 7. The summed E-state index contributed by atoms with van der Waals surface area (Å²) in [6.45, 7) is 8.27. The van der Waals surface area contributed by atoms with Gasteiger partial charge in [-0.05, 0) is 19.8 Å². The predicted molar refractivity (Wildman–Crippen MR) is 76.5 cm³/mol. The molecule has 0 spiro atoms. The molecule has 0 amide bonds. The molecule has 6 nitrogen and oxygen atoms in total. The van der Waals surface area contributed by atoms with E-state index in [1.165, 1.54) is 6.33 Å². The number of nitrogens with one attached hydrogen (secondary N) is 2. The van der Waals surface area contributed by atoms with Crippen LogP contribution >= 0.6 is 0 Å². The molecule has 4 N–H and O–H groups in total. The maximum atomic E-state index is 9.37. The minimum Gasteiger partial charge on any atom is -0.394 e. The Labute approximate surface area is 114 Å². The van der Waals surface area contributed by atoms with Crippen molar-refractivity contribution in [1.82, 2.24) is 9.97 Å². The highest BCUT2D eigenvalue weighted by Gasteiger charge is 2.25. The Morgan fingerprint density at radius 2 is 1.79 bits per heavy atom. The minimum absolute atomic E-state index is 0.179. The van der Waals surface area contributed by atoms with Crippen LogP contribution in [0.15, 0.2) is 6.33 Å². The number of aliphatic hydroxyl groups is 2. The Kier molecular flexibility index (Phi) is 5.50. The van der Waals surface area contributed by atoms with Gasteiger partial charge in [-0.15, -0.1) is 0 Å². The molecule has 0 fully saturated rings. The van der Waals surface area contributed by atoms with E-state index in [1.54, 1.807) is 6.92 Å². The zero-order valence-corrected chi connectivity index (χ0v) is 12.1. The fraction of sp³-hybridized carbons (Fsp3) is 0.692. The maximum absolute atomic E-state index is 9.37. The Morgan fingerprint density at radius 3 is 2.26 bits per heavy atom. The van der Waals surface area contributed by atoms with Crippen molar-refractivity contribution in [3.63, 3.8) is 0 Å². The summed E-state index contributed by atoms with van der Waals surface area (Å²) in [7, 11) is 0. The number of hydrogen-bond acceptors (Lipinski definition) is 6. The number of anilines is 2. The normalized spacial score (nSPS) is 11.7. The molecular weight excluding hydrogens is 244 g/mol. The number of nitrogens with zero attached hydrogens (tertiary/aromatic N) is 2. The first-order valence-electron chi connectivity index (χ1n) is 6.56. The average molecular weight is 268 g/mol. The van der Waals surface area contributed by atoms with E-state index in [2.05, 4.69) is 34.4 Å². The van der Waals surface area contributed by atoms with Crippen LogP contribution in [0.3, 0.4) is 0 Å². The van der Waals surface area contributed by atoms with Crippen LogP contribution in [0.1, 0.15) is 39.2 Å². The van der Waals surface area contributed by atoms with E-state index in [4.69, 9.17) is 0 Å². The van der Waals surface area contributed by atoms with Crippen LogP contribution in [0, 0.1) is 0 Å². The average Bonchev–Trinajstić information content (AvgIpc) is 2.39. The summed E-state index contributed by atoms with van der Waals surface area (Å²) in [4.78, 5) is 8.48. The van der Waals surface area contributed by atoms with Crippen molar-refractivity contribution in [1.29, 1.82) is 0 Å². The Bertz CT molecular complexity index is 406. The Morgan fingerprint density at radius 1 is 1.21 bits per heavy atom. The second-order valence-corrected chi connectivity index (χ2v) is 5.17. The molecule has 108 valence electrons. The van der Waals surface area contributed by atoms with Gasteiger partial charge < -0.3 is 20.8 Å². The van der Waals surface area contributed by atoms with Gasteiger partial charge in [-0.25, -0.2) is 9.97 Å². The van der Waals surface area contributed by atoms with E-state index >= 15 is 0 Å². The fourth-order valence-electron chi connectivity index (χ4n) is 1.77. The van der Waals surface area contributed by atoms with Crippen molar-refractivity contribution < 1.29 is 10.2 Å². The molecule has 0 bridgehead atoms. The van der Waals surface area contributed by atoms with E-state index in [9.17, 15) is 10.2 Å². The highest BCUT2D eigenvalue weighted by molar-refractivity contribution is 5.59. The number of aliphatic hydroxyl groups excluding tert-OH is 2. The van der Waals surface area contributed by atoms with Gasteiger partial charge in [0, 0.05) is 12.1 Å². The highest BCUT2D eigenvalue weighted by Crippen LogP contribution is 2.29. The molecule has 0 aliphatic carbocycles. The lowest BCUT2D eigenvalue weighted by atomic mass is 10.0. The van der Waals surface area contributed by atoms with Crippen LogP contribution in [-0.2, 0) is 0 Å². The summed E-state index contributed by atoms with van der Waals surface area (Å²) in [6.07, 6.45) is 1.47. The first kappa shape index (κ1) is 15.7. The van der Waals surface area contributed by atoms with Crippen molar-refractivity contribution in [2.45, 2.75) is 39.2 Å². The van der Waals surface area contributed by atoms with Gasteiger partial charge in [-0.2, -0.15) is 0 Å². The molecule has 0 aromatic carbocycles. The van der Waals surface area contributed by atoms with Crippen LogP contribution in [0.4, 0.5) is 11.6 Å². The molecule has 0 atom stereocenters. The van der Waals surface area contributed by atoms with Crippen LogP contribution in [0.5, 0.6) is 0 Å². The van der Waals surface area contributed by atoms with Crippen LogP contribution < -0.4 is 10.6 Å². The van der Waals surface area contributed by atoms with Crippen molar-refractivity contribution in [2.24, 2.45) is 0 Å². The largest absolute Gasteiger partial charge is 0.394 e. The first-order valence-corrected chi connectivity index (χ1v) is 6.56. The molecule has 0 unspecified atom stereocenters. The van der Waals surface area contributed by atoms with E-state index < -0.39 is 5.54 Å². The first-order chi connectivity index (χ1) is 8.97. The number of aromatic nitrogens is 2. The van der Waals surface area contributed by atoms with Crippen LogP contribution in [0.25, 0.3) is 0 Å². The lowest BCUT2D eigenvalue weighted by molar-refractivity contribution is 0.147. The number of hydrogen-bond donors (Lipinski definition) is 4. The monoisotopic (exact) mass is 268 g/mol. The summed E-state index contributed by atoms with van der Waals surface area (Å²) in [5, 5.41) is 25.1. The van der Waals surface area contributed by atoms with Gasteiger partial charge in [-0.3, -0.25) is 0 Å². The van der Waals surface area contributed by atoms with Crippen molar-refractivity contribution in [2.75, 3.05) is 30.4 Å². The SMILES string of the molecule is CCNc1ncnc(NC(C)(CO)CO)c1C(C)C. The van der Waals surface area contributed by atoms with Crippen LogP contribution in [0.2, 0.25) is 0 Å². The van der Waals surface area contributed by atoms with E-state index in [0.29, 0.717) is 5.82 Å². The zero-order valence-electron chi connectivity index (χ0n) is 12.1. The summed E-state index contributed by atoms with van der Waals surface area (Å²) in [5.74, 6) is 1.65. The molecular formula is C13H24N4O2. The third kappa shape index (κ3) is 3.78. The molecule has 0 radical (unpaired) electrons. The third-order valence-corrected chi connectivity index (χ3v) is 2.92. The van der Waals surface area contributed by atoms with E-state index in [1.807, 2.05) is 6.92 Å². The smallest absolute Gasteiger partial charge is 0.135 e. The molecule has 1 heterocycles. The molecule has 19 heavy (non-hydrogen) atoms. The minimum atomic E-state index is -0.804. The lowest BCUT2D eigenvalue weighted by Crippen LogP contribution is -2.43. The van der Waals surface area contributed by atoms with Gasteiger partial charge in [0.05, 0.1) is 18.8 Å². The zero-order chi connectivity index (χ0) is 14.5.